The minimum Gasteiger partial charge on any atom is -0.507 e. The van der Waals surface area contributed by atoms with Crippen LogP contribution >= 0.6 is 0 Å². The Kier molecular flexibility index (Phi) is 3.88. The van der Waals surface area contributed by atoms with Gasteiger partial charge in [-0.05, 0) is 24.3 Å². The van der Waals surface area contributed by atoms with Gasteiger partial charge in [0.05, 0.1) is 22.7 Å². The van der Waals surface area contributed by atoms with Crippen molar-refractivity contribution in [3.63, 3.8) is 0 Å². The van der Waals surface area contributed by atoms with Gasteiger partial charge in [-0.2, -0.15) is 5.10 Å². The number of benzene rings is 2. The van der Waals surface area contributed by atoms with Gasteiger partial charge >= 0.3 is 0 Å². The molecule has 3 rings (SSSR count). The van der Waals surface area contributed by atoms with Crippen LogP contribution in [0.1, 0.15) is 15.9 Å². The lowest BCUT2D eigenvalue weighted by Gasteiger charge is -2.02. The largest absolute Gasteiger partial charge is 0.507 e. The summed E-state index contributed by atoms with van der Waals surface area (Å²) in [4.78, 5) is 24.1. The second-order valence-electron chi connectivity index (χ2n) is 4.73. The van der Waals surface area contributed by atoms with Gasteiger partial charge in [-0.3, -0.25) is 9.59 Å². The van der Waals surface area contributed by atoms with Crippen LogP contribution in [0.4, 0.5) is 0 Å². The van der Waals surface area contributed by atoms with Crippen LogP contribution < -0.4 is 10.9 Å². The molecule has 1 heterocycles. The van der Waals surface area contributed by atoms with E-state index in [0.29, 0.717) is 11.0 Å². The fourth-order valence-electron chi connectivity index (χ4n) is 2.07. The molecule has 0 unspecified atom stereocenters. The summed E-state index contributed by atoms with van der Waals surface area (Å²) in [5.41, 5.74) is 2.79. The number of hydrogen-bond acceptors (Lipinski definition) is 5. The summed E-state index contributed by atoms with van der Waals surface area (Å²) >= 11 is 0. The summed E-state index contributed by atoms with van der Waals surface area (Å²) in [5.74, 6) is -0.727. The van der Waals surface area contributed by atoms with E-state index in [2.05, 4.69) is 10.5 Å². The lowest BCUT2D eigenvalue weighted by atomic mass is 10.2. The quantitative estimate of drug-likeness (QED) is 0.573. The zero-order chi connectivity index (χ0) is 16.2. The molecule has 0 fully saturated rings. The lowest BCUT2D eigenvalue weighted by molar-refractivity contribution is 0.0952. The zero-order valence-corrected chi connectivity index (χ0v) is 11.9. The molecule has 0 saturated carbocycles. The molecule has 0 aliphatic heterocycles. The second kappa shape index (κ2) is 6.15. The number of hydrogen-bond donors (Lipinski definition) is 2. The summed E-state index contributed by atoms with van der Waals surface area (Å²) < 4.78 is 5.34. The van der Waals surface area contributed by atoms with Gasteiger partial charge in [-0.15, -0.1) is 0 Å². The molecular weight excluding hydrogens is 296 g/mol. The number of para-hydroxylation sites is 2. The molecule has 0 radical (unpaired) electrons. The van der Waals surface area contributed by atoms with Crippen LogP contribution in [0.5, 0.6) is 5.75 Å². The fourth-order valence-corrected chi connectivity index (χ4v) is 2.07. The Morgan fingerprint density at radius 2 is 1.87 bits per heavy atom. The van der Waals surface area contributed by atoms with Crippen molar-refractivity contribution in [2.24, 2.45) is 5.10 Å². The van der Waals surface area contributed by atoms with Crippen molar-refractivity contribution < 1.29 is 14.3 Å². The van der Waals surface area contributed by atoms with Gasteiger partial charge in [-0.1, -0.05) is 24.3 Å². The fraction of sp³-hybridized carbons (Fsp3) is 0. The van der Waals surface area contributed by atoms with Gasteiger partial charge in [0.25, 0.3) is 5.91 Å². The standard InChI is InChI=1S/C17H12N2O4/c20-14-7-3-1-5-12(14)17(22)19-18-9-11-10-23-15-8-4-2-6-13(15)16(11)21/h1-10,20H,(H,19,22)/b18-9+. The second-order valence-corrected chi connectivity index (χ2v) is 4.73. The van der Waals surface area contributed by atoms with Crippen LogP contribution in [0.25, 0.3) is 11.0 Å². The Bertz CT molecular complexity index is 960. The van der Waals surface area contributed by atoms with Crippen molar-refractivity contribution in [2.45, 2.75) is 0 Å². The van der Waals surface area contributed by atoms with Crippen LogP contribution in [-0.4, -0.2) is 17.2 Å². The molecule has 6 nitrogen and oxygen atoms in total. The lowest BCUT2D eigenvalue weighted by Crippen LogP contribution is -2.18. The number of nitrogens with one attached hydrogen (secondary N) is 1. The predicted octanol–water partition coefficient (Wildman–Crippen LogP) is 2.26. The maximum Gasteiger partial charge on any atom is 0.275 e. The van der Waals surface area contributed by atoms with E-state index < -0.39 is 5.91 Å². The van der Waals surface area contributed by atoms with Crippen molar-refractivity contribution in [1.82, 2.24) is 5.43 Å². The van der Waals surface area contributed by atoms with Crippen molar-refractivity contribution in [3.05, 3.63) is 76.1 Å². The van der Waals surface area contributed by atoms with Gasteiger partial charge in [0.1, 0.15) is 17.6 Å². The molecule has 0 aliphatic carbocycles. The molecule has 1 amide bonds. The number of fused-ring (bicyclic) bond motifs is 1. The first-order chi connectivity index (χ1) is 11.2. The molecule has 0 spiro atoms. The molecule has 114 valence electrons. The third-order valence-electron chi connectivity index (χ3n) is 3.23. The van der Waals surface area contributed by atoms with E-state index in [1.807, 2.05) is 0 Å². The zero-order valence-electron chi connectivity index (χ0n) is 11.9. The highest BCUT2D eigenvalue weighted by atomic mass is 16.3. The first-order valence-electron chi connectivity index (χ1n) is 6.79. The number of phenols is 1. The molecule has 0 aliphatic rings. The topological polar surface area (TPSA) is 91.9 Å². The Morgan fingerprint density at radius 1 is 1.13 bits per heavy atom. The number of nitrogens with zero attached hydrogens (tertiary/aromatic N) is 1. The molecule has 6 heteroatoms. The van der Waals surface area contributed by atoms with Gasteiger partial charge in [0.15, 0.2) is 0 Å². The molecule has 2 aromatic carbocycles. The van der Waals surface area contributed by atoms with Crippen LogP contribution in [0.2, 0.25) is 0 Å². The van der Waals surface area contributed by atoms with Gasteiger partial charge in [0, 0.05) is 0 Å². The van der Waals surface area contributed by atoms with Gasteiger partial charge in [-0.25, -0.2) is 5.43 Å². The summed E-state index contributed by atoms with van der Waals surface area (Å²) in [5, 5.41) is 13.7. The molecule has 1 aromatic heterocycles. The van der Waals surface area contributed by atoms with Crippen LogP contribution in [-0.2, 0) is 0 Å². The molecule has 0 saturated heterocycles. The highest BCUT2D eigenvalue weighted by Crippen LogP contribution is 2.15. The molecular formula is C17H12N2O4. The number of rotatable bonds is 3. The number of amides is 1. The van der Waals surface area contributed by atoms with Crippen LogP contribution in [0.3, 0.4) is 0 Å². The predicted molar refractivity (Wildman–Crippen MR) is 85.7 cm³/mol. The number of aromatic hydroxyl groups is 1. The van der Waals surface area contributed by atoms with E-state index in [9.17, 15) is 14.7 Å². The maximum atomic E-state index is 12.2. The van der Waals surface area contributed by atoms with Crippen molar-refractivity contribution in [1.29, 1.82) is 0 Å². The molecule has 0 atom stereocenters. The Morgan fingerprint density at radius 3 is 2.70 bits per heavy atom. The smallest absolute Gasteiger partial charge is 0.275 e. The minimum absolute atomic E-state index is 0.0928. The summed E-state index contributed by atoms with van der Waals surface area (Å²) in [6, 6.07) is 12.9. The van der Waals surface area contributed by atoms with E-state index in [0.717, 1.165) is 0 Å². The van der Waals surface area contributed by atoms with Crippen molar-refractivity contribution in [2.75, 3.05) is 0 Å². The average molecular weight is 308 g/mol. The number of phenolic OH excluding ortho intramolecular Hbond substituents is 1. The first-order valence-corrected chi connectivity index (χ1v) is 6.79. The Labute approximate surface area is 130 Å². The third-order valence-corrected chi connectivity index (χ3v) is 3.23. The van der Waals surface area contributed by atoms with E-state index in [-0.39, 0.29) is 22.3 Å². The summed E-state index contributed by atoms with van der Waals surface area (Å²) in [6.45, 7) is 0. The van der Waals surface area contributed by atoms with Crippen LogP contribution in [0.15, 0.2) is 69.1 Å². The monoisotopic (exact) mass is 308 g/mol. The van der Waals surface area contributed by atoms with Crippen LogP contribution in [0, 0.1) is 0 Å². The van der Waals surface area contributed by atoms with Crippen molar-refractivity contribution >= 4 is 23.1 Å². The van der Waals surface area contributed by atoms with E-state index in [1.54, 1.807) is 36.4 Å². The Balaban J connectivity index is 1.81. The number of carbonyl (C=O) groups excluding carboxylic acids is 1. The molecule has 23 heavy (non-hydrogen) atoms. The highest BCUT2D eigenvalue weighted by molar-refractivity contribution is 5.97. The third kappa shape index (κ3) is 2.96. The molecule has 3 aromatic rings. The number of hydrazone groups is 1. The van der Waals surface area contributed by atoms with Gasteiger partial charge < -0.3 is 9.52 Å². The molecule has 0 bridgehead atoms. The summed E-state index contributed by atoms with van der Waals surface area (Å²) in [6.07, 6.45) is 2.48. The number of carbonyl (C=O) groups is 1. The van der Waals surface area contributed by atoms with E-state index in [1.165, 1.54) is 24.6 Å². The highest BCUT2D eigenvalue weighted by Gasteiger charge is 2.09. The van der Waals surface area contributed by atoms with E-state index >= 15 is 0 Å². The van der Waals surface area contributed by atoms with Gasteiger partial charge in [0.2, 0.25) is 5.43 Å². The summed E-state index contributed by atoms with van der Waals surface area (Å²) in [7, 11) is 0. The normalized spacial score (nSPS) is 11.0. The average Bonchev–Trinajstić information content (AvgIpc) is 2.57. The minimum atomic E-state index is -0.579. The SMILES string of the molecule is O=C(N/N=C/c1coc2ccccc2c1=O)c1ccccc1O. The first kappa shape index (κ1) is 14.5. The maximum absolute atomic E-state index is 12.2. The Hall–Kier alpha value is -3.41. The van der Waals surface area contributed by atoms with E-state index in [4.69, 9.17) is 4.42 Å². The molecule has 2 N–H and O–H groups in total. The van der Waals surface area contributed by atoms with Crippen molar-refractivity contribution in [3.8, 4) is 5.75 Å².